The first-order valence-electron chi connectivity index (χ1n) is 15.9. The zero-order valence-electron chi connectivity index (χ0n) is 26.9. The molecule has 12 nitrogen and oxygen atoms in total. The number of hydrogen-bond acceptors (Lipinski definition) is 10. The molecule has 2 aliphatic rings. The summed E-state index contributed by atoms with van der Waals surface area (Å²) in [7, 11) is -3.73. The van der Waals surface area contributed by atoms with Crippen molar-refractivity contribution in [2.45, 2.75) is 64.4 Å². The number of halogens is 1. The second-order valence-electron chi connectivity index (χ2n) is 12.7. The Morgan fingerprint density at radius 3 is 2.53 bits per heavy atom. The molecule has 6 rings (SSSR count). The van der Waals surface area contributed by atoms with E-state index in [1.54, 1.807) is 38.1 Å². The number of hydrogen-bond donors (Lipinski definition) is 2. The molecule has 0 bridgehead atoms. The monoisotopic (exact) mass is 665 g/mol. The maximum atomic E-state index is 15.4. The highest BCUT2D eigenvalue weighted by Crippen LogP contribution is 2.27. The van der Waals surface area contributed by atoms with Gasteiger partial charge in [-0.25, -0.2) is 21.8 Å². The van der Waals surface area contributed by atoms with Gasteiger partial charge in [-0.15, -0.1) is 0 Å². The van der Waals surface area contributed by atoms with Crippen molar-refractivity contribution in [3.63, 3.8) is 0 Å². The van der Waals surface area contributed by atoms with Crippen molar-refractivity contribution in [3.05, 3.63) is 76.2 Å². The molecule has 14 heteroatoms. The van der Waals surface area contributed by atoms with E-state index in [4.69, 9.17) is 4.74 Å². The average Bonchev–Trinajstić information content (AvgIpc) is 3.51. The minimum absolute atomic E-state index is 0.00672. The number of ether oxygens (including phenoxy) is 1. The summed E-state index contributed by atoms with van der Waals surface area (Å²) >= 11 is 0. The van der Waals surface area contributed by atoms with Crippen molar-refractivity contribution in [2.24, 2.45) is 5.92 Å². The van der Waals surface area contributed by atoms with Crippen LogP contribution in [0, 0.1) is 11.7 Å². The molecule has 2 N–H and O–H groups in total. The summed E-state index contributed by atoms with van der Waals surface area (Å²) in [5.74, 6) is -0.932. The molecule has 0 amide bonds. The number of ketones is 1. The van der Waals surface area contributed by atoms with Crippen LogP contribution in [0.3, 0.4) is 0 Å². The maximum Gasteiger partial charge on any atom is 0.263 e. The molecule has 3 aromatic heterocycles. The lowest BCUT2D eigenvalue weighted by atomic mass is 9.91. The lowest BCUT2D eigenvalue weighted by molar-refractivity contribution is 0.0543. The van der Waals surface area contributed by atoms with Crippen LogP contribution >= 0.6 is 0 Å². The molecule has 2 atom stereocenters. The quantitative estimate of drug-likeness (QED) is 0.253. The van der Waals surface area contributed by atoms with Gasteiger partial charge in [-0.05, 0) is 76.9 Å². The Morgan fingerprint density at radius 2 is 1.85 bits per heavy atom. The Labute approximate surface area is 273 Å². The van der Waals surface area contributed by atoms with Crippen LogP contribution in [0.4, 0.5) is 21.7 Å². The van der Waals surface area contributed by atoms with E-state index in [0.717, 1.165) is 3.97 Å². The van der Waals surface area contributed by atoms with Crippen LogP contribution in [-0.4, -0.2) is 76.3 Å². The summed E-state index contributed by atoms with van der Waals surface area (Å²) < 4.78 is 49.5. The van der Waals surface area contributed by atoms with Gasteiger partial charge in [0.2, 0.25) is 16.0 Å². The van der Waals surface area contributed by atoms with Crippen molar-refractivity contribution in [2.75, 3.05) is 36.5 Å². The fraction of sp³-hybridized carbons (Fsp3) is 0.455. The number of anilines is 3. The van der Waals surface area contributed by atoms with E-state index in [1.165, 1.54) is 29.1 Å². The summed E-state index contributed by atoms with van der Waals surface area (Å²) in [4.78, 5) is 38.7. The fourth-order valence-electron chi connectivity index (χ4n) is 6.38. The van der Waals surface area contributed by atoms with Gasteiger partial charge in [-0.1, -0.05) is 0 Å². The second-order valence-corrected chi connectivity index (χ2v) is 15.1. The van der Waals surface area contributed by atoms with E-state index in [2.05, 4.69) is 34.4 Å². The van der Waals surface area contributed by atoms with Gasteiger partial charge in [0.1, 0.15) is 11.5 Å². The third kappa shape index (κ3) is 6.67. The molecule has 0 saturated carbocycles. The van der Waals surface area contributed by atoms with Gasteiger partial charge in [0.05, 0.1) is 28.7 Å². The Hall–Kier alpha value is -4.14. The summed E-state index contributed by atoms with van der Waals surface area (Å²) in [6.07, 6.45) is 3.96. The lowest BCUT2D eigenvalue weighted by Gasteiger charge is -2.37. The molecular formula is C33H40FN7O5S. The number of nitrogens with zero attached hydrogens (tertiary/aromatic N) is 5. The average molecular weight is 666 g/mol. The van der Waals surface area contributed by atoms with Gasteiger partial charge in [0.15, 0.2) is 5.78 Å². The number of Topliss-reactive ketones (excluding diaryl/α,β-unsaturated/α-hetero) is 1. The molecule has 2 fully saturated rings. The summed E-state index contributed by atoms with van der Waals surface area (Å²) in [5.41, 5.74) is 0.867. The molecule has 0 aliphatic carbocycles. The predicted molar refractivity (Wildman–Crippen MR) is 179 cm³/mol. The number of aromatic nitrogens is 4. The standard InChI is InChI=1S/C33H40FN7O5S/c1-20(2)47(44,45)41-11-5-6-26(41)19-40-31-24(14-27(32(40)43)30(42)23-9-12-46-13-10-23)16-35-33(38-31)37-25-7-8-29(28(34)15-25)39-17-21(3)36-22(4)18-39/h5-8,11,14-16,20-23,36H,9-10,12-13,17-19H2,1-4H3,(H,35,37,38)/t21-,22+. The molecule has 1 aromatic carbocycles. The highest BCUT2D eigenvalue weighted by Gasteiger charge is 2.28. The van der Waals surface area contributed by atoms with Crippen LogP contribution in [0.1, 0.15) is 56.6 Å². The van der Waals surface area contributed by atoms with Gasteiger partial charge in [0.25, 0.3) is 5.56 Å². The van der Waals surface area contributed by atoms with E-state index >= 15 is 4.39 Å². The Bertz CT molecular complexity index is 1960. The van der Waals surface area contributed by atoms with Crippen molar-refractivity contribution in [1.29, 1.82) is 0 Å². The number of benzene rings is 1. The molecule has 2 aliphatic heterocycles. The summed E-state index contributed by atoms with van der Waals surface area (Å²) in [6, 6.07) is 10.0. The number of carbonyl (C=O) groups excluding carboxylic acids is 1. The minimum Gasteiger partial charge on any atom is -0.381 e. The molecule has 47 heavy (non-hydrogen) atoms. The number of pyridine rings is 1. The van der Waals surface area contributed by atoms with Gasteiger partial charge >= 0.3 is 0 Å². The number of rotatable bonds is 9. The first kappa shape index (κ1) is 32.8. The zero-order valence-corrected chi connectivity index (χ0v) is 27.8. The highest BCUT2D eigenvalue weighted by atomic mass is 32.2. The van der Waals surface area contributed by atoms with Crippen LogP contribution in [0.2, 0.25) is 0 Å². The molecule has 0 spiro atoms. The van der Waals surface area contributed by atoms with E-state index in [-0.39, 0.29) is 47.5 Å². The van der Waals surface area contributed by atoms with E-state index < -0.39 is 26.6 Å². The molecule has 5 heterocycles. The number of piperazine rings is 1. The highest BCUT2D eigenvalue weighted by molar-refractivity contribution is 7.90. The normalized spacial score (nSPS) is 19.4. The van der Waals surface area contributed by atoms with Crippen molar-refractivity contribution < 1.29 is 22.3 Å². The Morgan fingerprint density at radius 1 is 1.13 bits per heavy atom. The van der Waals surface area contributed by atoms with Crippen LogP contribution in [0.25, 0.3) is 11.0 Å². The second kappa shape index (κ2) is 13.2. The first-order chi connectivity index (χ1) is 22.4. The smallest absolute Gasteiger partial charge is 0.263 e. The van der Waals surface area contributed by atoms with Gasteiger partial charge < -0.3 is 20.3 Å². The van der Waals surface area contributed by atoms with Gasteiger partial charge in [0, 0.05) is 67.8 Å². The number of nitrogens with one attached hydrogen (secondary N) is 2. The van der Waals surface area contributed by atoms with Crippen molar-refractivity contribution in [3.8, 4) is 0 Å². The zero-order chi connectivity index (χ0) is 33.5. The fourth-order valence-corrected chi connectivity index (χ4v) is 7.52. The number of fused-ring (bicyclic) bond motifs is 1. The van der Waals surface area contributed by atoms with Gasteiger partial charge in [-0.3, -0.25) is 14.2 Å². The molecule has 0 radical (unpaired) electrons. The van der Waals surface area contributed by atoms with E-state index in [9.17, 15) is 18.0 Å². The predicted octanol–water partition coefficient (Wildman–Crippen LogP) is 3.91. The SMILES string of the molecule is CC(C)S(=O)(=O)n1cccc1Cn1c(=O)c(C(=O)C2CCOCC2)cc2cnc(Nc3ccc(N4C[C@@H](C)N[C@@H](C)C4)c(F)c3)nc21. The lowest BCUT2D eigenvalue weighted by Crippen LogP contribution is -2.54. The van der Waals surface area contributed by atoms with Crippen LogP contribution in [0.5, 0.6) is 0 Å². The van der Waals surface area contributed by atoms with E-state index in [0.29, 0.717) is 61.6 Å². The van der Waals surface area contributed by atoms with Gasteiger partial charge in [-0.2, -0.15) is 4.98 Å². The third-order valence-electron chi connectivity index (χ3n) is 8.77. The molecular weight excluding hydrogens is 625 g/mol. The molecule has 2 saturated heterocycles. The van der Waals surface area contributed by atoms with Crippen LogP contribution < -0.4 is 21.1 Å². The molecule has 0 unspecified atom stereocenters. The Kier molecular flexibility index (Phi) is 9.18. The maximum absolute atomic E-state index is 15.4. The molecule has 250 valence electrons. The summed E-state index contributed by atoms with van der Waals surface area (Å²) in [5, 5.41) is 6.22. The van der Waals surface area contributed by atoms with Crippen LogP contribution in [0.15, 0.2) is 53.6 Å². The van der Waals surface area contributed by atoms with E-state index in [1.807, 2.05) is 4.90 Å². The minimum atomic E-state index is -3.73. The topological polar surface area (TPSA) is 140 Å². The third-order valence-corrected chi connectivity index (χ3v) is 10.9. The number of carbonyl (C=O) groups is 1. The van der Waals surface area contributed by atoms with Crippen molar-refractivity contribution >= 4 is 44.2 Å². The first-order valence-corrected chi connectivity index (χ1v) is 17.4. The van der Waals surface area contributed by atoms with Crippen molar-refractivity contribution in [1.82, 2.24) is 23.8 Å². The molecule has 4 aromatic rings. The van der Waals surface area contributed by atoms with Crippen LogP contribution in [-0.2, 0) is 21.3 Å². The largest absolute Gasteiger partial charge is 0.381 e. The Balaban J connectivity index is 1.38. The summed E-state index contributed by atoms with van der Waals surface area (Å²) in [6.45, 7) is 9.37.